The molecule has 0 spiro atoms. The number of piperidine rings is 1. The lowest BCUT2D eigenvalue weighted by Crippen LogP contribution is -2.33. The average molecular weight is 251 g/mol. The van der Waals surface area contributed by atoms with Crippen molar-refractivity contribution in [2.75, 3.05) is 25.7 Å². The van der Waals surface area contributed by atoms with E-state index in [2.05, 4.69) is 4.90 Å². The summed E-state index contributed by atoms with van der Waals surface area (Å²) >= 11 is 5.40. The Morgan fingerprint density at radius 3 is 2.53 bits per heavy atom. The Bertz CT molecular complexity index is 420. The topological polar surface area (TPSA) is 21.7 Å². The van der Waals surface area contributed by atoms with Gasteiger partial charge in [0.15, 0.2) is 11.5 Å². The van der Waals surface area contributed by atoms with E-state index >= 15 is 0 Å². The highest BCUT2D eigenvalue weighted by Gasteiger charge is 2.17. The minimum absolute atomic E-state index is 0.748. The van der Waals surface area contributed by atoms with Gasteiger partial charge in [0.1, 0.15) is 0 Å². The maximum Gasteiger partial charge on any atom is 0.162 e. The van der Waals surface area contributed by atoms with Crippen LogP contribution in [0.15, 0.2) is 18.2 Å². The normalized spacial score (nSPS) is 15.9. The lowest BCUT2D eigenvalue weighted by Gasteiger charge is -2.29. The molecule has 0 aliphatic carbocycles. The summed E-state index contributed by atoms with van der Waals surface area (Å²) in [6, 6.07) is 5.93. The molecule has 1 saturated heterocycles. The Kier molecular flexibility index (Phi) is 3.84. The van der Waals surface area contributed by atoms with Crippen molar-refractivity contribution in [3.63, 3.8) is 0 Å². The number of hydrogen-bond donors (Lipinski definition) is 0. The Labute approximate surface area is 107 Å². The van der Waals surface area contributed by atoms with Gasteiger partial charge in [-0.1, -0.05) is 12.2 Å². The monoisotopic (exact) mass is 251 g/mol. The first-order valence-electron chi connectivity index (χ1n) is 5.78. The van der Waals surface area contributed by atoms with Crippen LogP contribution < -0.4 is 14.4 Å². The zero-order valence-corrected chi connectivity index (χ0v) is 11.0. The molecular formula is C13H17NO2S. The molecule has 1 aromatic carbocycles. The van der Waals surface area contributed by atoms with Crippen LogP contribution in [0.1, 0.15) is 19.3 Å². The highest BCUT2D eigenvalue weighted by Crippen LogP contribution is 2.32. The summed E-state index contributed by atoms with van der Waals surface area (Å²) in [6.07, 6.45) is 3.39. The second-order valence-electron chi connectivity index (χ2n) is 4.04. The number of thiocarbonyl (C=S) groups is 1. The molecule has 0 atom stereocenters. The van der Waals surface area contributed by atoms with E-state index in [9.17, 15) is 0 Å². The van der Waals surface area contributed by atoms with Gasteiger partial charge in [-0.15, -0.1) is 0 Å². The molecule has 0 saturated carbocycles. The van der Waals surface area contributed by atoms with Crippen molar-refractivity contribution >= 4 is 22.9 Å². The third kappa shape index (κ3) is 2.52. The van der Waals surface area contributed by atoms with Crippen molar-refractivity contribution in [1.29, 1.82) is 0 Å². The second-order valence-corrected chi connectivity index (χ2v) is 4.51. The SMILES string of the molecule is COc1ccc(N2CCCCC2=S)cc1OC. The molecule has 0 N–H and O–H groups in total. The molecule has 1 aromatic rings. The van der Waals surface area contributed by atoms with Crippen molar-refractivity contribution in [3.05, 3.63) is 18.2 Å². The number of methoxy groups -OCH3 is 2. The zero-order chi connectivity index (χ0) is 12.3. The van der Waals surface area contributed by atoms with Gasteiger partial charge in [0.25, 0.3) is 0 Å². The quantitative estimate of drug-likeness (QED) is 0.770. The molecule has 0 aromatic heterocycles. The fraction of sp³-hybridized carbons (Fsp3) is 0.462. The minimum Gasteiger partial charge on any atom is -0.493 e. The molecule has 17 heavy (non-hydrogen) atoms. The van der Waals surface area contributed by atoms with Gasteiger partial charge in [0, 0.05) is 18.3 Å². The molecule has 1 aliphatic heterocycles. The zero-order valence-electron chi connectivity index (χ0n) is 10.2. The first kappa shape index (κ1) is 12.2. The lowest BCUT2D eigenvalue weighted by molar-refractivity contribution is 0.355. The minimum atomic E-state index is 0.748. The summed E-state index contributed by atoms with van der Waals surface area (Å²) in [4.78, 5) is 3.20. The van der Waals surface area contributed by atoms with E-state index < -0.39 is 0 Å². The van der Waals surface area contributed by atoms with Crippen LogP contribution in [0.3, 0.4) is 0 Å². The van der Waals surface area contributed by atoms with Crippen molar-refractivity contribution in [2.45, 2.75) is 19.3 Å². The van der Waals surface area contributed by atoms with Crippen LogP contribution in [-0.2, 0) is 0 Å². The van der Waals surface area contributed by atoms with Crippen LogP contribution in [0.4, 0.5) is 5.69 Å². The average Bonchev–Trinajstić information content (AvgIpc) is 2.38. The van der Waals surface area contributed by atoms with Crippen LogP contribution >= 0.6 is 12.2 Å². The molecule has 0 bridgehead atoms. The summed E-state index contributed by atoms with van der Waals surface area (Å²) in [5.41, 5.74) is 1.09. The number of anilines is 1. The second kappa shape index (κ2) is 5.36. The predicted molar refractivity (Wildman–Crippen MR) is 73.3 cm³/mol. The van der Waals surface area contributed by atoms with Crippen molar-refractivity contribution in [2.24, 2.45) is 0 Å². The molecule has 2 rings (SSSR count). The molecule has 0 unspecified atom stereocenters. The Balaban J connectivity index is 2.29. The lowest BCUT2D eigenvalue weighted by atomic mass is 10.1. The molecule has 1 fully saturated rings. The fourth-order valence-corrected chi connectivity index (χ4v) is 2.41. The van der Waals surface area contributed by atoms with E-state index in [1.165, 1.54) is 12.8 Å². The number of hydrogen-bond acceptors (Lipinski definition) is 3. The summed E-state index contributed by atoms with van der Waals surface area (Å²) in [7, 11) is 3.29. The van der Waals surface area contributed by atoms with E-state index in [-0.39, 0.29) is 0 Å². The maximum absolute atomic E-state index is 5.40. The summed E-state index contributed by atoms with van der Waals surface area (Å²) < 4.78 is 10.5. The van der Waals surface area contributed by atoms with Crippen molar-refractivity contribution < 1.29 is 9.47 Å². The molecule has 0 amide bonds. The predicted octanol–water partition coefficient (Wildman–Crippen LogP) is 3.02. The molecule has 1 aliphatic rings. The number of rotatable bonds is 3. The highest BCUT2D eigenvalue weighted by molar-refractivity contribution is 7.80. The Hall–Kier alpha value is -1.29. The molecule has 3 nitrogen and oxygen atoms in total. The van der Waals surface area contributed by atoms with Crippen LogP contribution in [0, 0.1) is 0 Å². The summed E-state index contributed by atoms with van der Waals surface area (Å²) in [6.45, 7) is 0.994. The van der Waals surface area contributed by atoms with Gasteiger partial charge in [-0.2, -0.15) is 0 Å². The van der Waals surface area contributed by atoms with Crippen molar-refractivity contribution in [3.8, 4) is 11.5 Å². The number of ether oxygens (including phenoxy) is 2. The van der Waals surface area contributed by atoms with E-state index in [1.54, 1.807) is 14.2 Å². The van der Waals surface area contributed by atoms with Crippen LogP contribution in [0.25, 0.3) is 0 Å². The van der Waals surface area contributed by atoms with Gasteiger partial charge in [-0.25, -0.2) is 0 Å². The highest BCUT2D eigenvalue weighted by atomic mass is 32.1. The van der Waals surface area contributed by atoms with Gasteiger partial charge in [-0.05, 0) is 31.4 Å². The molecule has 92 valence electrons. The van der Waals surface area contributed by atoms with Crippen molar-refractivity contribution in [1.82, 2.24) is 0 Å². The summed E-state index contributed by atoms with van der Waals surface area (Å²) in [5.74, 6) is 1.50. The summed E-state index contributed by atoms with van der Waals surface area (Å²) in [5, 5.41) is 0. The molecular weight excluding hydrogens is 234 g/mol. The van der Waals surface area contributed by atoms with E-state index in [0.29, 0.717) is 0 Å². The Morgan fingerprint density at radius 1 is 1.12 bits per heavy atom. The largest absolute Gasteiger partial charge is 0.493 e. The van der Waals surface area contributed by atoms with Gasteiger partial charge in [0.05, 0.1) is 19.2 Å². The maximum atomic E-state index is 5.40. The van der Waals surface area contributed by atoms with E-state index in [0.717, 1.165) is 35.1 Å². The first-order valence-corrected chi connectivity index (χ1v) is 6.19. The molecule has 1 heterocycles. The Morgan fingerprint density at radius 2 is 1.88 bits per heavy atom. The standard InChI is InChI=1S/C13H17NO2S/c1-15-11-7-6-10(9-12(11)16-2)14-8-4-3-5-13(14)17/h6-7,9H,3-5,8H2,1-2H3. The van der Waals surface area contributed by atoms with Gasteiger partial charge in [-0.3, -0.25) is 0 Å². The van der Waals surface area contributed by atoms with Gasteiger partial charge < -0.3 is 14.4 Å². The van der Waals surface area contributed by atoms with Crippen LogP contribution in [0.5, 0.6) is 11.5 Å². The van der Waals surface area contributed by atoms with Crippen LogP contribution in [0.2, 0.25) is 0 Å². The van der Waals surface area contributed by atoms with Crippen LogP contribution in [-0.4, -0.2) is 25.8 Å². The van der Waals surface area contributed by atoms with Gasteiger partial charge >= 0.3 is 0 Å². The fourth-order valence-electron chi connectivity index (χ4n) is 2.07. The third-order valence-electron chi connectivity index (χ3n) is 3.00. The number of nitrogens with zero attached hydrogens (tertiary/aromatic N) is 1. The first-order chi connectivity index (χ1) is 8.26. The third-order valence-corrected chi connectivity index (χ3v) is 3.43. The van der Waals surface area contributed by atoms with E-state index in [4.69, 9.17) is 21.7 Å². The number of benzene rings is 1. The molecule has 4 heteroatoms. The molecule has 0 radical (unpaired) electrons. The van der Waals surface area contributed by atoms with E-state index in [1.807, 2.05) is 18.2 Å². The van der Waals surface area contributed by atoms with Gasteiger partial charge in [0.2, 0.25) is 0 Å². The smallest absolute Gasteiger partial charge is 0.162 e.